The van der Waals surface area contributed by atoms with Gasteiger partial charge in [-0.3, -0.25) is 4.79 Å². The summed E-state index contributed by atoms with van der Waals surface area (Å²) in [5.41, 5.74) is 0.823. The van der Waals surface area contributed by atoms with Crippen molar-refractivity contribution >= 4 is 17.5 Å². The number of thioether (sulfide) groups is 1. The van der Waals surface area contributed by atoms with Gasteiger partial charge in [-0.15, -0.1) is 0 Å². The quantitative estimate of drug-likeness (QED) is 0.751. The lowest BCUT2D eigenvalue weighted by molar-refractivity contribution is 0.0989. The van der Waals surface area contributed by atoms with Gasteiger partial charge in [-0.2, -0.15) is 11.8 Å². The lowest BCUT2D eigenvalue weighted by Gasteiger charge is -2.12. The molecule has 0 saturated carbocycles. The first-order chi connectivity index (χ1) is 8.27. The molecular weight excluding hydrogens is 232 g/mol. The van der Waals surface area contributed by atoms with E-state index in [1.807, 2.05) is 42.1 Å². The lowest BCUT2D eigenvalue weighted by atomic mass is 10.1. The second kappa shape index (κ2) is 6.22. The molecule has 0 aromatic heterocycles. The van der Waals surface area contributed by atoms with Crippen LogP contribution in [0.4, 0.5) is 0 Å². The van der Waals surface area contributed by atoms with E-state index in [9.17, 15) is 4.79 Å². The van der Waals surface area contributed by atoms with Crippen molar-refractivity contribution < 1.29 is 9.53 Å². The molecule has 1 aliphatic heterocycles. The number of Topliss-reactive ketones (excluding diaryl/α,β-unsaturated/α-hetero) is 1. The molecule has 2 rings (SSSR count). The third kappa shape index (κ3) is 3.58. The minimum absolute atomic E-state index is 0.240. The van der Waals surface area contributed by atoms with Gasteiger partial charge in [0.1, 0.15) is 0 Å². The first kappa shape index (κ1) is 12.7. The van der Waals surface area contributed by atoms with Crippen LogP contribution in [0.15, 0.2) is 30.3 Å². The highest BCUT2D eigenvalue weighted by atomic mass is 32.2. The van der Waals surface area contributed by atoms with Crippen LogP contribution in [0.25, 0.3) is 0 Å². The molecule has 1 aromatic carbocycles. The Balaban J connectivity index is 1.74. The van der Waals surface area contributed by atoms with Gasteiger partial charge in [-0.1, -0.05) is 30.3 Å². The fourth-order valence-corrected chi connectivity index (χ4v) is 3.22. The normalized spacial score (nSPS) is 23.8. The van der Waals surface area contributed by atoms with Crippen molar-refractivity contribution in [2.75, 3.05) is 12.4 Å². The molecule has 1 aliphatic rings. The van der Waals surface area contributed by atoms with E-state index >= 15 is 0 Å². The van der Waals surface area contributed by atoms with E-state index in [4.69, 9.17) is 4.74 Å². The Morgan fingerprint density at radius 1 is 1.41 bits per heavy atom. The van der Waals surface area contributed by atoms with Crippen LogP contribution in [-0.4, -0.2) is 29.5 Å². The summed E-state index contributed by atoms with van der Waals surface area (Å²) in [6, 6.07) is 9.52. The molecule has 2 unspecified atom stereocenters. The van der Waals surface area contributed by atoms with Gasteiger partial charge in [0.25, 0.3) is 0 Å². The molecule has 0 bridgehead atoms. The Morgan fingerprint density at radius 2 is 2.18 bits per heavy atom. The van der Waals surface area contributed by atoms with E-state index in [-0.39, 0.29) is 5.78 Å². The topological polar surface area (TPSA) is 26.3 Å². The summed E-state index contributed by atoms with van der Waals surface area (Å²) in [7, 11) is 0. The zero-order valence-electron chi connectivity index (χ0n) is 10.1. The molecule has 1 saturated heterocycles. The summed E-state index contributed by atoms with van der Waals surface area (Å²) in [4.78, 5) is 11.9. The Labute approximate surface area is 107 Å². The van der Waals surface area contributed by atoms with Crippen molar-refractivity contribution in [1.29, 1.82) is 0 Å². The van der Waals surface area contributed by atoms with Gasteiger partial charge in [0.05, 0.1) is 6.10 Å². The molecule has 0 spiro atoms. The highest BCUT2D eigenvalue weighted by Crippen LogP contribution is 2.26. The molecule has 2 nitrogen and oxygen atoms in total. The minimum Gasteiger partial charge on any atom is -0.377 e. The number of rotatable bonds is 5. The van der Waals surface area contributed by atoms with E-state index in [0.29, 0.717) is 17.8 Å². The lowest BCUT2D eigenvalue weighted by Crippen LogP contribution is -2.14. The van der Waals surface area contributed by atoms with Gasteiger partial charge in [-0.05, 0) is 13.3 Å². The number of carbonyl (C=O) groups excluding carboxylic acids is 1. The third-order valence-electron chi connectivity index (χ3n) is 3.06. The molecule has 1 heterocycles. The number of benzene rings is 1. The average Bonchev–Trinajstić information content (AvgIpc) is 2.76. The molecule has 17 heavy (non-hydrogen) atoms. The zero-order chi connectivity index (χ0) is 12.1. The van der Waals surface area contributed by atoms with Gasteiger partial charge in [0, 0.05) is 29.6 Å². The first-order valence-electron chi connectivity index (χ1n) is 6.09. The third-order valence-corrected chi connectivity index (χ3v) is 4.55. The van der Waals surface area contributed by atoms with Crippen LogP contribution in [0.5, 0.6) is 0 Å². The SMILES string of the molecule is CC1OCCC1SCCC(=O)c1ccccc1. The summed E-state index contributed by atoms with van der Waals surface area (Å²) in [5, 5.41) is 0.568. The van der Waals surface area contributed by atoms with E-state index in [0.717, 1.165) is 24.3 Å². The van der Waals surface area contributed by atoms with Gasteiger partial charge in [0.15, 0.2) is 5.78 Å². The second-order valence-corrected chi connectivity index (χ2v) is 5.66. The molecule has 1 fully saturated rings. The van der Waals surface area contributed by atoms with Gasteiger partial charge in [-0.25, -0.2) is 0 Å². The summed E-state index contributed by atoms with van der Waals surface area (Å²) < 4.78 is 5.50. The van der Waals surface area contributed by atoms with Crippen LogP contribution in [0, 0.1) is 0 Å². The molecule has 0 radical (unpaired) electrons. The van der Waals surface area contributed by atoms with E-state index < -0.39 is 0 Å². The fraction of sp³-hybridized carbons (Fsp3) is 0.500. The highest BCUT2D eigenvalue weighted by Gasteiger charge is 2.24. The number of ketones is 1. The van der Waals surface area contributed by atoms with Crippen molar-refractivity contribution in [2.24, 2.45) is 0 Å². The molecular formula is C14H18O2S. The van der Waals surface area contributed by atoms with Crippen LogP contribution >= 0.6 is 11.8 Å². The maximum Gasteiger partial charge on any atom is 0.163 e. The Hall–Kier alpha value is -0.800. The Morgan fingerprint density at radius 3 is 2.82 bits per heavy atom. The number of ether oxygens (including phenoxy) is 1. The maximum atomic E-state index is 11.9. The van der Waals surface area contributed by atoms with Crippen LogP contribution in [0.1, 0.15) is 30.1 Å². The summed E-state index contributed by atoms with van der Waals surface area (Å²) in [5.74, 6) is 1.14. The maximum absolute atomic E-state index is 11.9. The molecule has 0 aliphatic carbocycles. The van der Waals surface area contributed by atoms with Crippen molar-refractivity contribution in [3.63, 3.8) is 0 Å². The molecule has 1 aromatic rings. The van der Waals surface area contributed by atoms with E-state index in [1.165, 1.54) is 0 Å². The first-order valence-corrected chi connectivity index (χ1v) is 7.13. The Kier molecular flexibility index (Phi) is 4.63. The smallest absolute Gasteiger partial charge is 0.163 e. The Bertz CT molecular complexity index is 364. The predicted molar refractivity (Wildman–Crippen MR) is 71.7 cm³/mol. The summed E-state index contributed by atoms with van der Waals surface area (Å²) >= 11 is 1.87. The van der Waals surface area contributed by atoms with Gasteiger partial charge < -0.3 is 4.74 Å². The van der Waals surface area contributed by atoms with Crippen LogP contribution in [0.3, 0.4) is 0 Å². The molecule has 0 N–H and O–H groups in total. The molecule has 92 valence electrons. The fourth-order valence-electron chi connectivity index (χ4n) is 2.00. The largest absolute Gasteiger partial charge is 0.377 e. The number of hydrogen-bond donors (Lipinski definition) is 0. The van der Waals surface area contributed by atoms with Gasteiger partial charge >= 0.3 is 0 Å². The average molecular weight is 250 g/mol. The molecule has 0 amide bonds. The second-order valence-electron chi connectivity index (χ2n) is 4.31. The van der Waals surface area contributed by atoms with E-state index in [2.05, 4.69) is 6.92 Å². The number of carbonyl (C=O) groups is 1. The minimum atomic E-state index is 0.240. The van der Waals surface area contributed by atoms with Crippen molar-refractivity contribution in [2.45, 2.75) is 31.1 Å². The summed E-state index contributed by atoms with van der Waals surface area (Å²) in [6.07, 6.45) is 2.08. The molecule has 3 heteroatoms. The monoisotopic (exact) mass is 250 g/mol. The van der Waals surface area contributed by atoms with Crippen LogP contribution in [0.2, 0.25) is 0 Å². The zero-order valence-corrected chi connectivity index (χ0v) is 10.9. The number of hydrogen-bond acceptors (Lipinski definition) is 3. The van der Waals surface area contributed by atoms with E-state index in [1.54, 1.807) is 0 Å². The van der Waals surface area contributed by atoms with Crippen molar-refractivity contribution in [3.8, 4) is 0 Å². The van der Waals surface area contributed by atoms with Crippen molar-refractivity contribution in [3.05, 3.63) is 35.9 Å². The standard InChI is InChI=1S/C14H18O2S/c1-11-14(7-9-16-11)17-10-8-13(15)12-5-3-2-4-6-12/h2-6,11,14H,7-10H2,1H3. The summed E-state index contributed by atoms with van der Waals surface area (Å²) in [6.45, 7) is 2.98. The molecule has 2 atom stereocenters. The van der Waals surface area contributed by atoms with Crippen LogP contribution < -0.4 is 0 Å². The van der Waals surface area contributed by atoms with Gasteiger partial charge in [0.2, 0.25) is 0 Å². The van der Waals surface area contributed by atoms with Crippen molar-refractivity contribution in [1.82, 2.24) is 0 Å². The predicted octanol–water partition coefficient (Wildman–Crippen LogP) is 3.17. The van der Waals surface area contributed by atoms with Crippen LogP contribution in [-0.2, 0) is 4.74 Å². The highest BCUT2D eigenvalue weighted by molar-refractivity contribution is 8.00.